The Morgan fingerprint density at radius 2 is 1.43 bits per heavy atom. The van der Waals surface area contributed by atoms with E-state index in [1.54, 1.807) is 0 Å². The summed E-state index contributed by atoms with van der Waals surface area (Å²) in [5, 5.41) is 0. The Morgan fingerprint density at radius 1 is 0.786 bits per heavy atom. The van der Waals surface area contributed by atoms with Crippen LogP contribution in [0.4, 0.5) is 0 Å². The summed E-state index contributed by atoms with van der Waals surface area (Å²) >= 11 is 0. The maximum Gasteiger partial charge on any atom is 0.139 e. The molecule has 0 bridgehead atoms. The molecule has 3 fully saturated rings. The Bertz CT molecular complexity index is 253. The van der Waals surface area contributed by atoms with Gasteiger partial charge in [-0.05, 0) is 43.9 Å². The summed E-state index contributed by atoms with van der Waals surface area (Å²) in [5.41, 5.74) is 0.671. The van der Waals surface area contributed by atoms with E-state index in [1.807, 2.05) is 0 Å². The van der Waals surface area contributed by atoms with Crippen molar-refractivity contribution in [2.24, 2.45) is 10.8 Å². The second-order valence-corrected chi connectivity index (χ2v) is 5.70. The molecule has 3 saturated carbocycles. The molecular weight excluding hydrogens is 172 g/mol. The van der Waals surface area contributed by atoms with Gasteiger partial charge in [-0.1, -0.05) is 19.3 Å². The third-order valence-corrected chi connectivity index (χ3v) is 5.38. The lowest BCUT2D eigenvalue weighted by Gasteiger charge is -2.40. The van der Waals surface area contributed by atoms with Crippen LogP contribution < -0.4 is 0 Å². The van der Waals surface area contributed by atoms with Gasteiger partial charge in [-0.25, -0.2) is 0 Å². The lowest BCUT2D eigenvalue weighted by molar-refractivity contribution is -0.131. The molecule has 3 rings (SSSR count). The van der Waals surface area contributed by atoms with Crippen LogP contribution >= 0.6 is 0 Å². The second kappa shape index (κ2) is 2.84. The molecule has 1 atom stereocenters. The van der Waals surface area contributed by atoms with Gasteiger partial charge >= 0.3 is 0 Å². The highest BCUT2D eigenvalue weighted by Gasteiger charge is 2.60. The first kappa shape index (κ1) is 8.94. The maximum absolute atomic E-state index is 12.2. The zero-order chi connectivity index (χ0) is 9.65. The Labute approximate surface area is 86.3 Å². The summed E-state index contributed by atoms with van der Waals surface area (Å²) in [5.74, 6) is 0.636. The summed E-state index contributed by atoms with van der Waals surface area (Å²) in [6, 6.07) is 0. The summed E-state index contributed by atoms with van der Waals surface area (Å²) in [7, 11) is 0. The maximum atomic E-state index is 12.2. The van der Waals surface area contributed by atoms with Crippen LogP contribution in [-0.2, 0) is 4.79 Å². The van der Waals surface area contributed by atoms with E-state index in [2.05, 4.69) is 0 Å². The van der Waals surface area contributed by atoms with Crippen LogP contribution in [0.15, 0.2) is 0 Å². The fourth-order valence-corrected chi connectivity index (χ4v) is 4.77. The van der Waals surface area contributed by atoms with Crippen molar-refractivity contribution in [3.05, 3.63) is 0 Å². The van der Waals surface area contributed by atoms with Gasteiger partial charge in [-0.3, -0.25) is 4.79 Å². The quantitative estimate of drug-likeness (QED) is 0.574. The van der Waals surface area contributed by atoms with Crippen LogP contribution in [0.25, 0.3) is 0 Å². The van der Waals surface area contributed by atoms with E-state index in [-0.39, 0.29) is 5.41 Å². The van der Waals surface area contributed by atoms with Gasteiger partial charge in [-0.2, -0.15) is 0 Å². The van der Waals surface area contributed by atoms with Crippen molar-refractivity contribution < 1.29 is 4.79 Å². The molecule has 3 aliphatic rings. The van der Waals surface area contributed by atoms with Crippen LogP contribution in [0.1, 0.15) is 64.2 Å². The average Bonchev–Trinajstić information content (AvgIpc) is 2.84. The third kappa shape index (κ3) is 0.888. The zero-order valence-corrected chi connectivity index (χ0v) is 8.98. The van der Waals surface area contributed by atoms with Crippen molar-refractivity contribution >= 4 is 5.78 Å². The predicted octanol–water partition coefficient (Wildman–Crippen LogP) is 3.47. The highest BCUT2D eigenvalue weighted by atomic mass is 16.1. The minimum absolute atomic E-state index is 0.184. The van der Waals surface area contributed by atoms with E-state index in [4.69, 9.17) is 0 Å². The number of carbonyl (C=O) groups excluding carboxylic acids is 1. The Kier molecular flexibility index (Phi) is 1.81. The van der Waals surface area contributed by atoms with Crippen LogP contribution in [0.3, 0.4) is 0 Å². The standard InChI is InChI=1S/C13H20O/c14-11-5-3-9-13(11)10-4-8-12(13)6-1-2-7-12/h1-10H2. The molecule has 2 spiro atoms. The first-order chi connectivity index (χ1) is 6.79. The van der Waals surface area contributed by atoms with E-state index in [9.17, 15) is 4.79 Å². The second-order valence-electron chi connectivity index (χ2n) is 5.70. The number of fused-ring (bicyclic) bond motifs is 1. The first-order valence-corrected chi connectivity index (χ1v) is 6.33. The summed E-state index contributed by atoms with van der Waals surface area (Å²) in [6.07, 6.45) is 12.7. The fraction of sp³-hybridized carbons (Fsp3) is 0.923. The molecule has 0 saturated heterocycles. The zero-order valence-electron chi connectivity index (χ0n) is 8.98. The number of rotatable bonds is 0. The minimum Gasteiger partial charge on any atom is -0.299 e. The number of carbonyl (C=O) groups is 1. The molecule has 0 amide bonds. The summed E-state index contributed by atoms with van der Waals surface area (Å²) in [4.78, 5) is 12.2. The van der Waals surface area contributed by atoms with Gasteiger partial charge < -0.3 is 0 Å². The predicted molar refractivity (Wildman–Crippen MR) is 56.0 cm³/mol. The van der Waals surface area contributed by atoms with Crippen molar-refractivity contribution in [3.8, 4) is 0 Å². The van der Waals surface area contributed by atoms with Gasteiger partial charge in [0.15, 0.2) is 0 Å². The Balaban J connectivity index is 2.00. The van der Waals surface area contributed by atoms with Crippen LogP contribution in [-0.4, -0.2) is 5.78 Å². The molecule has 14 heavy (non-hydrogen) atoms. The molecule has 1 heteroatoms. The van der Waals surface area contributed by atoms with Crippen LogP contribution in [0, 0.1) is 10.8 Å². The van der Waals surface area contributed by atoms with Gasteiger partial charge in [0.25, 0.3) is 0 Å². The highest BCUT2D eigenvalue weighted by molar-refractivity contribution is 5.88. The van der Waals surface area contributed by atoms with Crippen LogP contribution in [0.5, 0.6) is 0 Å². The number of hydrogen-bond acceptors (Lipinski definition) is 1. The highest BCUT2D eigenvalue weighted by Crippen LogP contribution is 2.65. The fourth-order valence-electron chi connectivity index (χ4n) is 4.77. The molecule has 0 heterocycles. The topological polar surface area (TPSA) is 17.1 Å². The van der Waals surface area contributed by atoms with Gasteiger partial charge in [0.2, 0.25) is 0 Å². The molecule has 0 aliphatic heterocycles. The molecule has 0 aromatic heterocycles. The van der Waals surface area contributed by atoms with Gasteiger partial charge in [0.05, 0.1) is 0 Å². The molecule has 1 nitrogen and oxygen atoms in total. The smallest absolute Gasteiger partial charge is 0.139 e. The normalized spacial score (nSPS) is 40.4. The monoisotopic (exact) mass is 192 g/mol. The molecule has 0 aromatic rings. The van der Waals surface area contributed by atoms with Crippen LogP contribution in [0.2, 0.25) is 0 Å². The molecule has 0 aromatic carbocycles. The molecule has 0 radical (unpaired) electrons. The average molecular weight is 192 g/mol. The van der Waals surface area contributed by atoms with Crippen molar-refractivity contribution in [1.29, 1.82) is 0 Å². The van der Waals surface area contributed by atoms with E-state index >= 15 is 0 Å². The number of Topliss-reactive ketones (excluding diaryl/α,β-unsaturated/α-hetero) is 1. The van der Waals surface area contributed by atoms with E-state index in [1.165, 1.54) is 57.8 Å². The third-order valence-electron chi connectivity index (χ3n) is 5.38. The van der Waals surface area contributed by atoms with E-state index < -0.39 is 0 Å². The molecule has 1 unspecified atom stereocenters. The minimum atomic E-state index is 0.184. The lowest BCUT2D eigenvalue weighted by atomic mass is 9.63. The van der Waals surface area contributed by atoms with Gasteiger partial charge in [0.1, 0.15) is 5.78 Å². The Morgan fingerprint density at radius 3 is 2.07 bits per heavy atom. The molecule has 78 valence electrons. The van der Waals surface area contributed by atoms with Crippen molar-refractivity contribution in [2.45, 2.75) is 64.2 Å². The SMILES string of the molecule is O=C1CCCC12CCCC21CCCC1. The summed E-state index contributed by atoms with van der Waals surface area (Å²) in [6.45, 7) is 0. The largest absolute Gasteiger partial charge is 0.299 e. The number of hydrogen-bond donors (Lipinski definition) is 0. The Hall–Kier alpha value is -0.330. The summed E-state index contributed by atoms with van der Waals surface area (Å²) < 4.78 is 0. The van der Waals surface area contributed by atoms with Gasteiger partial charge in [0, 0.05) is 11.8 Å². The number of ketones is 1. The lowest BCUT2D eigenvalue weighted by Crippen LogP contribution is -2.38. The first-order valence-electron chi connectivity index (χ1n) is 6.33. The van der Waals surface area contributed by atoms with E-state index in [0.29, 0.717) is 11.2 Å². The van der Waals surface area contributed by atoms with Crippen molar-refractivity contribution in [2.75, 3.05) is 0 Å². The van der Waals surface area contributed by atoms with E-state index in [0.717, 1.165) is 6.42 Å². The molecule has 0 N–H and O–H groups in total. The molecule has 3 aliphatic carbocycles. The van der Waals surface area contributed by atoms with Crippen molar-refractivity contribution in [3.63, 3.8) is 0 Å². The van der Waals surface area contributed by atoms with Crippen molar-refractivity contribution in [1.82, 2.24) is 0 Å². The molecular formula is C13H20O. The van der Waals surface area contributed by atoms with Gasteiger partial charge in [-0.15, -0.1) is 0 Å².